The van der Waals surface area contributed by atoms with Crippen molar-refractivity contribution in [1.82, 2.24) is 4.90 Å². The summed E-state index contributed by atoms with van der Waals surface area (Å²) in [5.74, 6) is 1.18. The summed E-state index contributed by atoms with van der Waals surface area (Å²) in [6, 6.07) is 0. The molecule has 3 unspecified atom stereocenters. The summed E-state index contributed by atoms with van der Waals surface area (Å²) >= 11 is 0. The molecule has 1 N–H and O–H groups in total. The van der Waals surface area contributed by atoms with Gasteiger partial charge in [-0.25, -0.2) is 0 Å². The zero-order chi connectivity index (χ0) is 13.6. The van der Waals surface area contributed by atoms with Crippen LogP contribution in [0, 0.1) is 23.2 Å². The molecular weight excluding hydrogens is 242 g/mol. The highest BCUT2D eigenvalue weighted by molar-refractivity contribution is 6.02. The van der Waals surface area contributed by atoms with Crippen LogP contribution < -0.4 is 0 Å². The smallest absolute Gasteiger partial charge is 0.319 e. The first-order valence-electron chi connectivity index (χ1n) is 7.52. The number of fused-ring (bicyclic) bond motifs is 2. The summed E-state index contributed by atoms with van der Waals surface area (Å²) in [5.41, 5.74) is -1.09. The average molecular weight is 265 g/mol. The number of carbonyl (C=O) groups is 2. The monoisotopic (exact) mass is 265 g/mol. The Kier molecular flexibility index (Phi) is 3.06. The molecule has 1 amide bonds. The molecule has 4 heteroatoms. The van der Waals surface area contributed by atoms with Gasteiger partial charge in [0.25, 0.3) is 0 Å². The third-order valence-electron chi connectivity index (χ3n) is 5.77. The summed E-state index contributed by atoms with van der Waals surface area (Å²) in [7, 11) is 1.79. The molecule has 3 atom stereocenters. The number of aliphatic carboxylic acids is 1. The number of carbonyl (C=O) groups excluding carboxylic acids is 1. The molecule has 106 valence electrons. The minimum atomic E-state index is -1.09. The van der Waals surface area contributed by atoms with Gasteiger partial charge in [0.2, 0.25) is 5.91 Å². The minimum Gasteiger partial charge on any atom is -0.480 e. The van der Waals surface area contributed by atoms with E-state index in [4.69, 9.17) is 0 Å². The van der Waals surface area contributed by atoms with E-state index in [1.54, 1.807) is 11.9 Å². The lowest BCUT2D eigenvalue weighted by Crippen LogP contribution is -2.52. The first-order chi connectivity index (χ1) is 9.03. The Morgan fingerprint density at radius 3 is 2.42 bits per heavy atom. The van der Waals surface area contributed by atoms with Crippen LogP contribution in [0.15, 0.2) is 0 Å². The first-order valence-corrected chi connectivity index (χ1v) is 7.52. The third kappa shape index (κ3) is 1.96. The van der Waals surface area contributed by atoms with Crippen molar-refractivity contribution in [2.45, 2.75) is 44.9 Å². The SMILES string of the molecule is CN(CC1CC2CCC1C2)C(=O)C1(C(=O)O)CCC1. The van der Waals surface area contributed by atoms with Crippen LogP contribution in [0.1, 0.15) is 44.9 Å². The number of hydrogen-bond acceptors (Lipinski definition) is 2. The maximum absolute atomic E-state index is 12.4. The fourth-order valence-corrected chi connectivity index (χ4v) is 4.45. The van der Waals surface area contributed by atoms with E-state index in [1.165, 1.54) is 25.7 Å². The molecular formula is C15H23NO3. The Labute approximate surface area is 114 Å². The molecule has 0 radical (unpaired) electrons. The zero-order valence-electron chi connectivity index (χ0n) is 11.6. The molecule has 0 aromatic rings. The molecule has 3 rings (SSSR count). The van der Waals surface area contributed by atoms with Crippen LogP contribution in [0.3, 0.4) is 0 Å². The van der Waals surface area contributed by atoms with Gasteiger partial charge in [-0.3, -0.25) is 9.59 Å². The Bertz CT molecular complexity index is 402. The van der Waals surface area contributed by atoms with E-state index >= 15 is 0 Å². The van der Waals surface area contributed by atoms with Crippen molar-refractivity contribution >= 4 is 11.9 Å². The van der Waals surface area contributed by atoms with Crippen LogP contribution in [0.5, 0.6) is 0 Å². The number of rotatable bonds is 4. The van der Waals surface area contributed by atoms with E-state index < -0.39 is 11.4 Å². The Morgan fingerprint density at radius 1 is 1.26 bits per heavy atom. The van der Waals surface area contributed by atoms with Crippen molar-refractivity contribution in [3.63, 3.8) is 0 Å². The minimum absolute atomic E-state index is 0.158. The van der Waals surface area contributed by atoms with Crippen LogP contribution in [0.4, 0.5) is 0 Å². The predicted molar refractivity (Wildman–Crippen MR) is 70.5 cm³/mol. The summed E-state index contributed by atoms with van der Waals surface area (Å²) in [6.45, 7) is 0.759. The van der Waals surface area contributed by atoms with Gasteiger partial charge >= 0.3 is 5.97 Å². The van der Waals surface area contributed by atoms with E-state index in [2.05, 4.69) is 0 Å². The molecule has 0 aliphatic heterocycles. The van der Waals surface area contributed by atoms with Gasteiger partial charge in [-0.15, -0.1) is 0 Å². The third-order valence-corrected chi connectivity index (χ3v) is 5.77. The van der Waals surface area contributed by atoms with Crippen molar-refractivity contribution in [3.8, 4) is 0 Å². The van der Waals surface area contributed by atoms with Crippen molar-refractivity contribution in [3.05, 3.63) is 0 Å². The highest BCUT2D eigenvalue weighted by Crippen LogP contribution is 2.49. The molecule has 0 aromatic heterocycles. The molecule has 0 spiro atoms. The van der Waals surface area contributed by atoms with Gasteiger partial charge in [-0.05, 0) is 49.9 Å². The normalized spacial score (nSPS) is 34.9. The topological polar surface area (TPSA) is 57.6 Å². The van der Waals surface area contributed by atoms with Crippen LogP contribution in [-0.4, -0.2) is 35.5 Å². The molecule has 4 nitrogen and oxygen atoms in total. The van der Waals surface area contributed by atoms with E-state index in [0.717, 1.165) is 24.8 Å². The second-order valence-electron chi connectivity index (χ2n) is 6.86. The Balaban J connectivity index is 1.62. The van der Waals surface area contributed by atoms with Crippen LogP contribution in [0.25, 0.3) is 0 Å². The highest BCUT2D eigenvalue weighted by atomic mass is 16.4. The standard InChI is InChI=1S/C15H23NO3/c1-16(9-12-8-10-3-4-11(12)7-10)13(17)15(14(18)19)5-2-6-15/h10-12H,2-9H2,1H3,(H,18,19). The van der Waals surface area contributed by atoms with Crippen molar-refractivity contribution in [2.75, 3.05) is 13.6 Å². The van der Waals surface area contributed by atoms with Gasteiger partial charge in [-0.2, -0.15) is 0 Å². The van der Waals surface area contributed by atoms with E-state index in [0.29, 0.717) is 18.8 Å². The molecule has 3 fully saturated rings. The summed E-state index contributed by atoms with van der Waals surface area (Å²) in [4.78, 5) is 25.5. The van der Waals surface area contributed by atoms with Crippen LogP contribution >= 0.6 is 0 Å². The molecule has 3 saturated carbocycles. The van der Waals surface area contributed by atoms with Gasteiger partial charge in [0.1, 0.15) is 5.41 Å². The van der Waals surface area contributed by atoms with E-state index in [1.807, 2.05) is 0 Å². The van der Waals surface area contributed by atoms with Crippen molar-refractivity contribution in [2.24, 2.45) is 23.2 Å². The first kappa shape index (κ1) is 12.9. The Hall–Kier alpha value is -1.06. The van der Waals surface area contributed by atoms with Crippen molar-refractivity contribution in [1.29, 1.82) is 0 Å². The lowest BCUT2D eigenvalue weighted by Gasteiger charge is -2.40. The van der Waals surface area contributed by atoms with Gasteiger partial charge in [0.05, 0.1) is 0 Å². The molecule has 19 heavy (non-hydrogen) atoms. The maximum Gasteiger partial charge on any atom is 0.319 e. The molecule has 0 saturated heterocycles. The lowest BCUT2D eigenvalue weighted by atomic mass is 9.67. The number of carboxylic acids is 1. The maximum atomic E-state index is 12.4. The fourth-order valence-electron chi connectivity index (χ4n) is 4.45. The number of hydrogen-bond donors (Lipinski definition) is 1. The fraction of sp³-hybridized carbons (Fsp3) is 0.867. The zero-order valence-corrected chi connectivity index (χ0v) is 11.6. The second-order valence-corrected chi connectivity index (χ2v) is 6.86. The van der Waals surface area contributed by atoms with E-state index in [-0.39, 0.29) is 5.91 Å². The molecule has 3 aliphatic carbocycles. The Morgan fingerprint density at radius 2 is 2.00 bits per heavy atom. The van der Waals surface area contributed by atoms with Gasteiger partial charge in [-0.1, -0.05) is 12.8 Å². The average Bonchev–Trinajstić information content (AvgIpc) is 2.88. The predicted octanol–water partition coefficient (Wildman–Crippen LogP) is 2.14. The lowest BCUT2D eigenvalue weighted by molar-refractivity contribution is -0.167. The number of nitrogens with zero attached hydrogens (tertiary/aromatic N) is 1. The van der Waals surface area contributed by atoms with Gasteiger partial charge in [0, 0.05) is 13.6 Å². The number of carboxylic acid groups (broad SMARTS) is 1. The van der Waals surface area contributed by atoms with Crippen LogP contribution in [0.2, 0.25) is 0 Å². The van der Waals surface area contributed by atoms with Gasteiger partial charge in [0.15, 0.2) is 0 Å². The van der Waals surface area contributed by atoms with Crippen LogP contribution in [-0.2, 0) is 9.59 Å². The van der Waals surface area contributed by atoms with E-state index in [9.17, 15) is 14.7 Å². The molecule has 0 heterocycles. The second kappa shape index (κ2) is 4.50. The summed E-state index contributed by atoms with van der Waals surface area (Å²) in [6.07, 6.45) is 7.13. The molecule has 0 aromatic carbocycles. The number of amides is 1. The summed E-state index contributed by atoms with van der Waals surface area (Å²) < 4.78 is 0. The summed E-state index contributed by atoms with van der Waals surface area (Å²) in [5, 5.41) is 9.32. The quantitative estimate of drug-likeness (QED) is 0.792. The van der Waals surface area contributed by atoms with Crippen molar-refractivity contribution < 1.29 is 14.7 Å². The largest absolute Gasteiger partial charge is 0.480 e. The highest BCUT2D eigenvalue weighted by Gasteiger charge is 2.53. The van der Waals surface area contributed by atoms with Gasteiger partial charge < -0.3 is 10.0 Å². The molecule has 2 bridgehead atoms. The molecule has 3 aliphatic rings.